The average Bonchev–Trinajstić information content (AvgIpc) is 2.45. The number of nitrogens with zero attached hydrogens (tertiary/aromatic N) is 1. The van der Waals surface area contributed by atoms with Gasteiger partial charge >= 0.3 is 11.8 Å². The topological polar surface area (TPSA) is 58.6 Å². The van der Waals surface area contributed by atoms with Crippen molar-refractivity contribution in [3.05, 3.63) is 35.4 Å². The minimum absolute atomic E-state index is 0.372. The van der Waals surface area contributed by atoms with Crippen molar-refractivity contribution in [2.45, 2.75) is 13.5 Å². The molecule has 1 heterocycles. The Labute approximate surface area is 112 Å². The molecule has 1 aliphatic rings. The van der Waals surface area contributed by atoms with E-state index in [2.05, 4.69) is 5.32 Å². The number of amides is 2. The molecule has 0 atom stereocenters. The summed E-state index contributed by atoms with van der Waals surface area (Å²) >= 11 is 0. The van der Waals surface area contributed by atoms with E-state index in [4.69, 9.17) is 4.74 Å². The molecule has 0 radical (unpaired) electrons. The van der Waals surface area contributed by atoms with Crippen molar-refractivity contribution in [1.82, 2.24) is 10.2 Å². The summed E-state index contributed by atoms with van der Waals surface area (Å²) in [6.45, 7) is 4.32. The lowest BCUT2D eigenvalue weighted by Crippen LogP contribution is -2.47. The molecule has 0 aromatic heterocycles. The second-order valence-electron chi connectivity index (χ2n) is 4.58. The molecule has 0 aliphatic carbocycles. The first-order valence-electron chi connectivity index (χ1n) is 6.37. The summed E-state index contributed by atoms with van der Waals surface area (Å²) in [4.78, 5) is 25.1. The third kappa shape index (κ3) is 3.79. The summed E-state index contributed by atoms with van der Waals surface area (Å²) in [6, 6.07) is 7.83. The lowest BCUT2D eigenvalue weighted by Gasteiger charge is -2.26. The summed E-state index contributed by atoms with van der Waals surface area (Å²) in [5.74, 6) is -1.03. The van der Waals surface area contributed by atoms with Crippen molar-refractivity contribution >= 4 is 11.8 Å². The molecule has 1 N–H and O–H groups in total. The smallest absolute Gasteiger partial charge is 0.312 e. The van der Waals surface area contributed by atoms with E-state index in [-0.39, 0.29) is 0 Å². The van der Waals surface area contributed by atoms with Gasteiger partial charge in [-0.3, -0.25) is 9.59 Å². The maximum Gasteiger partial charge on any atom is 0.312 e. The van der Waals surface area contributed by atoms with Gasteiger partial charge in [-0.15, -0.1) is 0 Å². The van der Waals surface area contributed by atoms with Crippen molar-refractivity contribution in [2.75, 3.05) is 26.3 Å². The normalized spacial score (nSPS) is 15.1. The highest BCUT2D eigenvalue weighted by molar-refractivity contribution is 6.34. The molecule has 0 bridgehead atoms. The number of rotatable bonds is 2. The van der Waals surface area contributed by atoms with Gasteiger partial charge < -0.3 is 15.0 Å². The molecule has 1 fully saturated rings. The lowest BCUT2D eigenvalue weighted by atomic mass is 10.1. The van der Waals surface area contributed by atoms with Crippen LogP contribution in [0.1, 0.15) is 11.1 Å². The van der Waals surface area contributed by atoms with E-state index in [1.165, 1.54) is 4.90 Å². The zero-order chi connectivity index (χ0) is 13.7. The largest absolute Gasteiger partial charge is 0.378 e. The molecule has 0 unspecified atom stereocenters. The fraction of sp³-hybridized carbons (Fsp3) is 0.429. The molecule has 102 valence electrons. The van der Waals surface area contributed by atoms with Gasteiger partial charge in [-0.2, -0.15) is 0 Å². The fourth-order valence-electron chi connectivity index (χ4n) is 1.99. The number of hydrogen-bond acceptors (Lipinski definition) is 3. The van der Waals surface area contributed by atoms with Gasteiger partial charge in [0, 0.05) is 19.6 Å². The average molecular weight is 262 g/mol. The molecule has 5 heteroatoms. The molecule has 0 saturated carbocycles. The van der Waals surface area contributed by atoms with Crippen molar-refractivity contribution in [2.24, 2.45) is 0 Å². The highest BCUT2D eigenvalue weighted by Gasteiger charge is 2.23. The third-order valence-electron chi connectivity index (χ3n) is 3.03. The Morgan fingerprint density at radius 1 is 1.32 bits per heavy atom. The number of nitrogens with one attached hydrogen (secondary N) is 1. The van der Waals surface area contributed by atoms with Gasteiger partial charge in [0.15, 0.2) is 0 Å². The predicted octanol–water partition coefficient (Wildman–Crippen LogP) is 0.470. The van der Waals surface area contributed by atoms with E-state index in [0.29, 0.717) is 32.8 Å². The van der Waals surface area contributed by atoms with Crippen molar-refractivity contribution < 1.29 is 14.3 Å². The molecule has 1 aromatic rings. The van der Waals surface area contributed by atoms with E-state index in [1.54, 1.807) is 0 Å². The van der Waals surface area contributed by atoms with E-state index < -0.39 is 11.8 Å². The quantitative estimate of drug-likeness (QED) is 0.788. The van der Waals surface area contributed by atoms with E-state index in [1.807, 2.05) is 31.2 Å². The van der Waals surface area contributed by atoms with Crippen LogP contribution >= 0.6 is 0 Å². The molecule has 2 rings (SSSR count). The minimum atomic E-state index is -0.552. The summed E-state index contributed by atoms with van der Waals surface area (Å²) in [6.07, 6.45) is 0. The zero-order valence-electron chi connectivity index (χ0n) is 11.0. The lowest BCUT2D eigenvalue weighted by molar-refractivity contribution is -0.148. The van der Waals surface area contributed by atoms with Crippen LogP contribution in [0, 0.1) is 6.92 Å². The van der Waals surface area contributed by atoms with Crippen LogP contribution in [0.2, 0.25) is 0 Å². The van der Waals surface area contributed by atoms with Gasteiger partial charge in [-0.1, -0.05) is 29.8 Å². The van der Waals surface area contributed by atoms with Crippen LogP contribution in [0.15, 0.2) is 24.3 Å². The molecule has 5 nitrogen and oxygen atoms in total. The molecule has 1 saturated heterocycles. The first-order chi connectivity index (χ1) is 9.16. The number of morpholine rings is 1. The molecule has 0 spiro atoms. The minimum Gasteiger partial charge on any atom is -0.378 e. The van der Waals surface area contributed by atoms with Crippen molar-refractivity contribution in [1.29, 1.82) is 0 Å². The SMILES string of the molecule is Cc1cccc(CNC(=O)C(=O)N2CCOCC2)c1. The number of carbonyl (C=O) groups excluding carboxylic acids is 2. The van der Waals surface area contributed by atoms with Gasteiger partial charge in [-0.25, -0.2) is 0 Å². The monoisotopic (exact) mass is 262 g/mol. The Hall–Kier alpha value is -1.88. The van der Waals surface area contributed by atoms with Crippen LogP contribution in [0.25, 0.3) is 0 Å². The Balaban J connectivity index is 1.85. The zero-order valence-corrected chi connectivity index (χ0v) is 11.0. The standard InChI is InChI=1S/C14H18N2O3/c1-11-3-2-4-12(9-11)10-15-13(17)14(18)16-5-7-19-8-6-16/h2-4,9H,5-8,10H2,1H3,(H,15,17). The van der Waals surface area contributed by atoms with Gasteiger partial charge in [0.2, 0.25) is 0 Å². The van der Waals surface area contributed by atoms with Crippen LogP contribution in [0.3, 0.4) is 0 Å². The molecular weight excluding hydrogens is 244 g/mol. The maximum atomic E-state index is 11.8. The van der Waals surface area contributed by atoms with Crippen LogP contribution in [0.4, 0.5) is 0 Å². The summed E-state index contributed by atoms with van der Waals surface area (Å²) < 4.78 is 5.15. The predicted molar refractivity (Wildman–Crippen MR) is 70.4 cm³/mol. The Kier molecular flexibility index (Phi) is 4.52. The van der Waals surface area contributed by atoms with E-state index in [0.717, 1.165) is 11.1 Å². The number of benzene rings is 1. The fourth-order valence-corrected chi connectivity index (χ4v) is 1.99. The third-order valence-corrected chi connectivity index (χ3v) is 3.03. The van der Waals surface area contributed by atoms with Crippen LogP contribution < -0.4 is 5.32 Å². The number of ether oxygens (including phenoxy) is 1. The second-order valence-corrected chi connectivity index (χ2v) is 4.58. The Morgan fingerprint density at radius 2 is 2.05 bits per heavy atom. The number of aryl methyl sites for hydroxylation is 1. The van der Waals surface area contributed by atoms with Crippen molar-refractivity contribution in [3.8, 4) is 0 Å². The Morgan fingerprint density at radius 3 is 2.74 bits per heavy atom. The van der Waals surface area contributed by atoms with Gasteiger partial charge in [-0.05, 0) is 12.5 Å². The number of carbonyl (C=O) groups is 2. The highest BCUT2D eigenvalue weighted by Crippen LogP contribution is 2.03. The van der Waals surface area contributed by atoms with Gasteiger partial charge in [0.05, 0.1) is 13.2 Å². The van der Waals surface area contributed by atoms with Crippen LogP contribution in [-0.4, -0.2) is 43.0 Å². The first kappa shape index (κ1) is 13.5. The molecule has 2 amide bonds. The van der Waals surface area contributed by atoms with Crippen molar-refractivity contribution in [3.63, 3.8) is 0 Å². The van der Waals surface area contributed by atoms with Crippen LogP contribution in [0.5, 0.6) is 0 Å². The highest BCUT2D eigenvalue weighted by atomic mass is 16.5. The summed E-state index contributed by atoms with van der Waals surface area (Å²) in [5, 5.41) is 2.65. The summed E-state index contributed by atoms with van der Waals surface area (Å²) in [5.41, 5.74) is 2.12. The first-order valence-corrected chi connectivity index (χ1v) is 6.37. The van der Waals surface area contributed by atoms with Gasteiger partial charge in [0.1, 0.15) is 0 Å². The maximum absolute atomic E-state index is 11.8. The molecule has 1 aromatic carbocycles. The molecule has 19 heavy (non-hydrogen) atoms. The van der Waals surface area contributed by atoms with Crippen LogP contribution in [-0.2, 0) is 20.9 Å². The molecule has 1 aliphatic heterocycles. The Bertz CT molecular complexity index is 468. The molecular formula is C14H18N2O3. The second kappa shape index (κ2) is 6.33. The number of hydrogen-bond donors (Lipinski definition) is 1. The van der Waals surface area contributed by atoms with Gasteiger partial charge in [0.25, 0.3) is 0 Å². The van der Waals surface area contributed by atoms with E-state index in [9.17, 15) is 9.59 Å². The van der Waals surface area contributed by atoms with E-state index >= 15 is 0 Å². The summed E-state index contributed by atoms with van der Waals surface area (Å²) in [7, 11) is 0.